The number of ether oxygens (including phenoxy) is 1. The van der Waals surface area contributed by atoms with E-state index in [2.05, 4.69) is 0 Å². The van der Waals surface area contributed by atoms with Crippen LogP contribution in [-0.2, 0) is 14.3 Å². The number of ketones is 2. The Morgan fingerprint density at radius 3 is 2.00 bits per heavy atom. The fraction of sp³-hybridized carbons (Fsp3) is 0.750. The molecule has 0 heterocycles. The highest BCUT2D eigenvalue weighted by Crippen LogP contribution is 1.96. The van der Waals surface area contributed by atoms with Gasteiger partial charge in [0.2, 0.25) is 0 Å². The molecule has 11 heavy (non-hydrogen) atoms. The van der Waals surface area contributed by atoms with E-state index in [9.17, 15) is 9.59 Å². The molecule has 0 saturated carbocycles. The zero-order chi connectivity index (χ0) is 8.85. The van der Waals surface area contributed by atoms with Crippen molar-refractivity contribution < 1.29 is 14.3 Å². The summed E-state index contributed by atoms with van der Waals surface area (Å²) in [6.07, 6.45) is -0.0215. The van der Waals surface area contributed by atoms with E-state index in [4.69, 9.17) is 4.74 Å². The van der Waals surface area contributed by atoms with Crippen LogP contribution in [0.1, 0.15) is 27.2 Å². The molecule has 0 amide bonds. The van der Waals surface area contributed by atoms with Crippen molar-refractivity contribution in [1.29, 1.82) is 0 Å². The lowest BCUT2D eigenvalue weighted by Gasteiger charge is -2.09. The molecule has 0 aliphatic carbocycles. The van der Waals surface area contributed by atoms with Gasteiger partial charge in [-0.2, -0.15) is 0 Å². The first-order valence-electron chi connectivity index (χ1n) is 3.72. The fourth-order valence-corrected chi connectivity index (χ4v) is 0.757. The fourth-order valence-electron chi connectivity index (χ4n) is 0.757. The van der Waals surface area contributed by atoms with Crippen molar-refractivity contribution in [1.82, 2.24) is 0 Å². The summed E-state index contributed by atoms with van der Waals surface area (Å²) in [5, 5.41) is 0. The van der Waals surface area contributed by atoms with E-state index in [-0.39, 0.29) is 11.6 Å². The summed E-state index contributed by atoms with van der Waals surface area (Å²) in [5.74, 6) is -0.433. The lowest BCUT2D eigenvalue weighted by atomic mass is 10.2. The van der Waals surface area contributed by atoms with Gasteiger partial charge in [-0.15, -0.1) is 0 Å². The summed E-state index contributed by atoms with van der Waals surface area (Å²) < 4.78 is 5.02. The number of rotatable bonds is 5. The molecule has 0 N–H and O–H groups in total. The number of hydrogen-bond donors (Lipinski definition) is 0. The summed E-state index contributed by atoms with van der Waals surface area (Å²) in [7, 11) is 0. The van der Waals surface area contributed by atoms with Gasteiger partial charge in [0.05, 0.1) is 0 Å². The molecule has 3 heteroatoms. The minimum absolute atomic E-state index is 0.217. The summed E-state index contributed by atoms with van der Waals surface area (Å²) in [5.41, 5.74) is 0. The van der Waals surface area contributed by atoms with Crippen molar-refractivity contribution in [2.75, 3.05) is 6.61 Å². The Hall–Kier alpha value is -0.700. The molecule has 0 aromatic heterocycles. The third kappa shape index (κ3) is 3.88. The Kier molecular flexibility index (Phi) is 4.70. The zero-order valence-electron chi connectivity index (χ0n) is 7.22. The van der Waals surface area contributed by atoms with Crippen LogP contribution < -0.4 is 0 Å². The third-order valence-corrected chi connectivity index (χ3v) is 1.23. The highest BCUT2D eigenvalue weighted by Gasteiger charge is 2.18. The normalized spacial score (nSPS) is 10.2. The molecule has 0 aliphatic rings. The lowest BCUT2D eigenvalue weighted by Crippen LogP contribution is -2.29. The highest BCUT2D eigenvalue weighted by molar-refractivity contribution is 6.03. The van der Waals surface area contributed by atoms with Gasteiger partial charge in [-0.1, -0.05) is 6.92 Å². The molecular formula is C8H14O3. The second-order valence-electron chi connectivity index (χ2n) is 2.47. The first-order chi connectivity index (χ1) is 5.09. The van der Waals surface area contributed by atoms with Crippen LogP contribution in [0.3, 0.4) is 0 Å². The lowest BCUT2D eigenvalue weighted by molar-refractivity contribution is -0.140. The minimum atomic E-state index is -0.838. The van der Waals surface area contributed by atoms with Crippen LogP contribution >= 0.6 is 0 Å². The van der Waals surface area contributed by atoms with Crippen molar-refractivity contribution in [3.8, 4) is 0 Å². The molecule has 0 spiro atoms. The average molecular weight is 158 g/mol. The van der Waals surface area contributed by atoms with E-state index in [0.29, 0.717) is 6.61 Å². The molecular weight excluding hydrogens is 144 g/mol. The van der Waals surface area contributed by atoms with Gasteiger partial charge in [0, 0.05) is 6.61 Å². The molecule has 0 fully saturated rings. The Balaban J connectivity index is 3.90. The summed E-state index contributed by atoms with van der Waals surface area (Å²) in [6, 6.07) is 0. The molecule has 0 atom stereocenters. The van der Waals surface area contributed by atoms with Gasteiger partial charge in [-0.3, -0.25) is 9.59 Å². The van der Waals surface area contributed by atoms with E-state index in [0.717, 1.165) is 6.42 Å². The van der Waals surface area contributed by atoms with Crippen molar-refractivity contribution in [2.45, 2.75) is 33.3 Å². The quantitative estimate of drug-likeness (QED) is 0.560. The Morgan fingerprint density at radius 2 is 1.73 bits per heavy atom. The Bertz CT molecular complexity index is 137. The average Bonchev–Trinajstić information content (AvgIpc) is 1.87. The first kappa shape index (κ1) is 10.3. The van der Waals surface area contributed by atoms with Crippen molar-refractivity contribution >= 4 is 11.6 Å². The van der Waals surface area contributed by atoms with E-state index in [1.165, 1.54) is 13.8 Å². The predicted octanol–water partition coefficient (Wildman–Crippen LogP) is 0.960. The largest absolute Gasteiger partial charge is 0.363 e. The van der Waals surface area contributed by atoms with E-state index in [1.54, 1.807) is 0 Å². The number of carbonyl (C=O) groups is 2. The van der Waals surface area contributed by atoms with E-state index < -0.39 is 6.10 Å². The van der Waals surface area contributed by atoms with Gasteiger partial charge in [-0.25, -0.2) is 0 Å². The topological polar surface area (TPSA) is 43.4 Å². The first-order valence-corrected chi connectivity index (χ1v) is 3.72. The van der Waals surface area contributed by atoms with Crippen LogP contribution in [0.15, 0.2) is 0 Å². The van der Waals surface area contributed by atoms with E-state index in [1.807, 2.05) is 6.92 Å². The molecule has 0 unspecified atom stereocenters. The molecule has 0 aromatic carbocycles. The molecule has 0 saturated heterocycles. The maximum absolute atomic E-state index is 10.7. The van der Waals surface area contributed by atoms with Crippen molar-refractivity contribution in [3.63, 3.8) is 0 Å². The van der Waals surface area contributed by atoms with Crippen LogP contribution in [0.4, 0.5) is 0 Å². The molecule has 0 aliphatic heterocycles. The maximum atomic E-state index is 10.7. The van der Waals surface area contributed by atoms with Gasteiger partial charge in [0.15, 0.2) is 17.7 Å². The maximum Gasteiger partial charge on any atom is 0.173 e. The number of Topliss-reactive ketones (excluding diaryl/α,β-unsaturated/α-hetero) is 2. The van der Waals surface area contributed by atoms with Gasteiger partial charge in [0.1, 0.15) is 0 Å². The predicted molar refractivity (Wildman–Crippen MR) is 41.4 cm³/mol. The monoisotopic (exact) mass is 158 g/mol. The van der Waals surface area contributed by atoms with Gasteiger partial charge < -0.3 is 4.74 Å². The smallest absolute Gasteiger partial charge is 0.173 e. The zero-order valence-corrected chi connectivity index (χ0v) is 7.22. The van der Waals surface area contributed by atoms with E-state index >= 15 is 0 Å². The second-order valence-corrected chi connectivity index (χ2v) is 2.47. The Labute approximate surface area is 66.7 Å². The van der Waals surface area contributed by atoms with Crippen LogP contribution in [0.25, 0.3) is 0 Å². The highest BCUT2D eigenvalue weighted by atomic mass is 16.5. The molecule has 0 bridgehead atoms. The summed E-state index contributed by atoms with van der Waals surface area (Å²) in [6.45, 7) is 5.12. The minimum Gasteiger partial charge on any atom is -0.363 e. The molecule has 0 rings (SSSR count). The summed E-state index contributed by atoms with van der Waals surface area (Å²) in [4.78, 5) is 21.5. The molecule has 0 aromatic rings. The second kappa shape index (κ2) is 5.02. The van der Waals surface area contributed by atoms with Crippen molar-refractivity contribution in [3.05, 3.63) is 0 Å². The number of carbonyl (C=O) groups excluding carboxylic acids is 2. The van der Waals surface area contributed by atoms with Crippen LogP contribution in [0.5, 0.6) is 0 Å². The van der Waals surface area contributed by atoms with Crippen LogP contribution in [0.2, 0.25) is 0 Å². The van der Waals surface area contributed by atoms with Gasteiger partial charge in [0.25, 0.3) is 0 Å². The van der Waals surface area contributed by atoms with Gasteiger partial charge in [-0.05, 0) is 20.3 Å². The SMILES string of the molecule is CCCOC(C(C)=O)C(C)=O. The van der Waals surface area contributed by atoms with Crippen molar-refractivity contribution in [2.24, 2.45) is 0 Å². The molecule has 64 valence electrons. The number of hydrogen-bond acceptors (Lipinski definition) is 3. The van der Waals surface area contributed by atoms with Gasteiger partial charge >= 0.3 is 0 Å². The van der Waals surface area contributed by atoms with Crippen LogP contribution in [-0.4, -0.2) is 24.3 Å². The molecule has 3 nitrogen and oxygen atoms in total. The Morgan fingerprint density at radius 1 is 1.27 bits per heavy atom. The summed E-state index contributed by atoms with van der Waals surface area (Å²) >= 11 is 0. The van der Waals surface area contributed by atoms with Crippen LogP contribution in [0, 0.1) is 0 Å². The standard InChI is InChI=1S/C8H14O3/c1-4-5-11-8(6(2)9)7(3)10/h8H,4-5H2,1-3H3. The molecule has 0 radical (unpaired) electrons. The third-order valence-electron chi connectivity index (χ3n) is 1.23.